The lowest BCUT2D eigenvalue weighted by Crippen LogP contribution is -1.89. The minimum Gasteiger partial charge on any atom is -0.508 e. The van der Waals surface area contributed by atoms with Gasteiger partial charge < -0.3 is 5.11 Å². The largest absolute Gasteiger partial charge is 0.508 e. The van der Waals surface area contributed by atoms with Crippen LogP contribution in [0.4, 0.5) is 5.69 Å². The van der Waals surface area contributed by atoms with Crippen molar-refractivity contribution in [1.29, 1.82) is 0 Å². The van der Waals surface area contributed by atoms with E-state index in [0.717, 1.165) is 0 Å². The van der Waals surface area contributed by atoms with E-state index in [1.54, 1.807) is 0 Å². The Morgan fingerprint density at radius 1 is 1.62 bits per heavy atom. The summed E-state index contributed by atoms with van der Waals surface area (Å²) in [6.07, 6.45) is 0. The molecule has 0 unspecified atom stereocenters. The molecule has 0 bridgehead atoms. The molecule has 1 N–H and O–H groups in total. The molecule has 0 atom stereocenters. The van der Waals surface area contributed by atoms with E-state index in [1.165, 1.54) is 28.4 Å². The van der Waals surface area contributed by atoms with Crippen LogP contribution in [0.15, 0.2) is 18.2 Å². The van der Waals surface area contributed by atoms with Crippen LogP contribution in [0.2, 0.25) is 0 Å². The topological polar surface area (TPSA) is 63.4 Å². The van der Waals surface area contributed by atoms with E-state index in [-0.39, 0.29) is 11.4 Å². The van der Waals surface area contributed by atoms with Crippen molar-refractivity contribution in [2.45, 2.75) is 5.75 Å². The van der Waals surface area contributed by atoms with Crippen molar-refractivity contribution < 1.29 is 10.0 Å². The number of halogens is 1. The van der Waals surface area contributed by atoms with E-state index in [9.17, 15) is 15.2 Å². The molecular weight excluding hydrogens is 258 g/mol. The van der Waals surface area contributed by atoms with Crippen molar-refractivity contribution in [3.05, 3.63) is 33.9 Å². The molecule has 0 radical (unpaired) electrons. The highest BCUT2D eigenvalue weighted by atomic mass is 79.9. The monoisotopic (exact) mass is 263 g/mol. The zero-order chi connectivity index (χ0) is 9.84. The predicted octanol–water partition coefficient (Wildman–Crippen LogP) is 2.84. The van der Waals surface area contributed by atoms with Crippen LogP contribution in [0.5, 0.6) is 5.75 Å². The van der Waals surface area contributed by atoms with Crippen molar-refractivity contribution in [1.82, 2.24) is 0 Å². The van der Waals surface area contributed by atoms with Gasteiger partial charge in [0.2, 0.25) is 0 Å². The van der Waals surface area contributed by atoms with Crippen LogP contribution in [-0.4, -0.2) is 10.0 Å². The van der Waals surface area contributed by atoms with E-state index in [1.807, 2.05) is 0 Å². The average Bonchev–Trinajstić information content (AvgIpc) is 2.08. The molecule has 0 fully saturated rings. The summed E-state index contributed by atoms with van der Waals surface area (Å²) in [7, 11) is 1.32. The van der Waals surface area contributed by atoms with Crippen LogP contribution < -0.4 is 0 Å². The van der Waals surface area contributed by atoms with E-state index in [2.05, 4.69) is 14.8 Å². The molecule has 0 saturated heterocycles. The number of nitro benzene ring substituents is 1. The molecule has 0 spiro atoms. The second-order valence-electron chi connectivity index (χ2n) is 2.32. The molecule has 1 aromatic carbocycles. The normalized spacial score (nSPS) is 9.92. The van der Waals surface area contributed by atoms with Gasteiger partial charge in [0.25, 0.3) is 5.69 Å². The summed E-state index contributed by atoms with van der Waals surface area (Å²) < 4.78 is 0. The Hall–Kier alpha value is -0.750. The summed E-state index contributed by atoms with van der Waals surface area (Å²) >= 11 is 3.12. The number of phenolic OH excluding ortho intramolecular Hbond substituents is 1. The Labute approximate surface area is 86.3 Å². The van der Waals surface area contributed by atoms with Gasteiger partial charge in [0, 0.05) is 23.4 Å². The summed E-state index contributed by atoms with van der Waals surface area (Å²) in [5.41, 5.74) is 0.547. The lowest BCUT2D eigenvalue weighted by Gasteiger charge is -2.00. The van der Waals surface area contributed by atoms with Crippen molar-refractivity contribution in [3.63, 3.8) is 0 Å². The maximum absolute atomic E-state index is 10.4. The lowest BCUT2D eigenvalue weighted by atomic mass is 10.2. The van der Waals surface area contributed by atoms with Crippen LogP contribution >= 0.6 is 25.0 Å². The minimum atomic E-state index is -0.484. The average molecular weight is 264 g/mol. The molecule has 6 heteroatoms. The molecule has 0 saturated carbocycles. The number of phenols is 1. The second-order valence-corrected chi connectivity index (χ2v) is 4.20. The highest BCUT2D eigenvalue weighted by molar-refractivity contribution is 9.50. The fourth-order valence-corrected chi connectivity index (χ4v) is 1.95. The molecule has 70 valence electrons. The second kappa shape index (κ2) is 4.48. The van der Waals surface area contributed by atoms with Gasteiger partial charge in [-0.3, -0.25) is 10.1 Å². The Kier molecular flexibility index (Phi) is 3.56. The number of hydrogen-bond donors (Lipinski definition) is 1. The van der Waals surface area contributed by atoms with Crippen LogP contribution in [0.25, 0.3) is 0 Å². The molecule has 1 rings (SSSR count). The van der Waals surface area contributed by atoms with Crippen LogP contribution in [-0.2, 0) is 5.75 Å². The smallest absolute Gasteiger partial charge is 0.270 e. The van der Waals surface area contributed by atoms with Gasteiger partial charge in [-0.25, -0.2) is 0 Å². The standard InChI is InChI=1S/C7H6BrNO3S/c8-13-4-5-3-6(9(11)12)1-2-7(5)10/h1-3,10H,4H2. The highest BCUT2D eigenvalue weighted by Crippen LogP contribution is 2.28. The first-order chi connectivity index (χ1) is 6.15. The molecule has 0 aliphatic heterocycles. The quantitative estimate of drug-likeness (QED) is 0.673. The summed E-state index contributed by atoms with van der Waals surface area (Å²) in [5, 5.41) is 19.7. The molecule has 0 amide bonds. The Morgan fingerprint density at radius 2 is 2.31 bits per heavy atom. The third-order valence-corrected chi connectivity index (χ3v) is 2.59. The first-order valence-corrected chi connectivity index (χ1v) is 6.18. The van der Waals surface area contributed by atoms with Gasteiger partial charge >= 0.3 is 0 Å². The van der Waals surface area contributed by atoms with Gasteiger partial charge in [-0.2, -0.15) is 0 Å². The van der Waals surface area contributed by atoms with Crippen molar-refractivity contribution in [2.24, 2.45) is 0 Å². The fraction of sp³-hybridized carbons (Fsp3) is 0.143. The SMILES string of the molecule is O=[N+]([O-])c1ccc(O)c(CSBr)c1. The zero-order valence-corrected chi connectivity index (χ0v) is 8.84. The van der Waals surface area contributed by atoms with Gasteiger partial charge in [-0.15, -0.1) is 0 Å². The molecule has 1 aromatic rings. The third-order valence-electron chi connectivity index (χ3n) is 1.48. The maximum Gasteiger partial charge on any atom is 0.270 e. The fourth-order valence-electron chi connectivity index (χ4n) is 0.860. The first kappa shape index (κ1) is 10.3. The summed E-state index contributed by atoms with van der Waals surface area (Å²) in [6.45, 7) is 0. The summed E-state index contributed by atoms with van der Waals surface area (Å²) in [5.74, 6) is 0.575. The number of rotatable bonds is 3. The number of benzene rings is 1. The van der Waals surface area contributed by atoms with Gasteiger partial charge in [0.05, 0.1) is 4.92 Å². The molecule has 0 aromatic heterocycles. The van der Waals surface area contributed by atoms with E-state index >= 15 is 0 Å². The predicted molar refractivity (Wildman–Crippen MR) is 55.0 cm³/mol. The molecule has 0 heterocycles. The van der Waals surface area contributed by atoms with Crippen molar-refractivity contribution in [3.8, 4) is 5.75 Å². The first-order valence-electron chi connectivity index (χ1n) is 3.35. The van der Waals surface area contributed by atoms with Crippen molar-refractivity contribution >= 4 is 30.7 Å². The summed E-state index contributed by atoms with van der Waals surface area (Å²) in [4.78, 5) is 9.89. The maximum atomic E-state index is 10.4. The van der Waals surface area contributed by atoms with E-state index in [4.69, 9.17) is 0 Å². The van der Waals surface area contributed by atoms with Gasteiger partial charge in [-0.05, 0) is 20.9 Å². The lowest BCUT2D eigenvalue weighted by molar-refractivity contribution is -0.384. The number of nitrogens with zero attached hydrogens (tertiary/aromatic N) is 1. The van der Waals surface area contributed by atoms with E-state index in [0.29, 0.717) is 11.3 Å². The van der Waals surface area contributed by atoms with Crippen molar-refractivity contribution in [2.75, 3.05) is 0 Å². The Balaban J connectivity index is 3.03. The number of aromatic hydroxyl groups is 1. The molecule has 13 heavy (non-hydrogen) atoms. The van der Waals surface area contributed by atoms with Crippen LogP contribution in [0.1, 0.15) is 5.56 Å². The number of non-ortho nitro benzene ring substituents is 1. The zero-order valence-electron chi connectivity index (χ0n) is 6.44. The molecular formula is C7H6BrNO3S. The van der Waals surface area contributed by atoms with Crippen LogP contribution in [0.3, 0.4) is 0 Å². The van der Waals surface area contributed by atoms with Crippen LogP contribution in [0, 0.1) is 10.1 Å². The third kappa shape index (κ3) is 2.60. The Morgan fingerprint density at radius 3 is 2.85 bits per heavy atom. The molecule has 0 aliphatic rings. The number of hydrogen-bond acceptors (Lipinski definition) is 4. The highest BCUT2D eigenvalue weighted by Gasteiger charge is 2.09. The van der Waals surface area contributed by atoms with E-state index < -0.39 is 4.92 Å². The summed E-state index contributed by atoms with van der Waals surface area (Å²) in [6, 6.07) is 3.97. The van der Waals surface area contributed by atoms with Gasteiger partial charge in [-0.1, -0.05) is 10.2 Å². The molecule has 4 nitrogen and oxygen atoms in total. The minimum absolute atomic E-state index is 0.00523. The van der Waals surface area contributed by atoms with Gasteiger partial charge in [0.15, 0.2) is 0 Å². The number of nitro groups is 1. The molecule has 0 aliphatic carbocycles. The van der Waals surface area contributed by atoms with Gasteiger partial charge in [0.1, 0.15) is 5.75 Å². The Bertz CT molecular complexity index is 332.